The molecule has 192 valence electrons. The summed E-state index contributed by atoms with van der Waals surface area (Å²) in [4.78, 5) is 15.0. The molecule has 5 nitrogen and oxygen atoms in total. The Morgan fingerprint density at radius 3 is 2.22 bits per heavy atom. The third-order valence-corrected chi connectivity index (χ3v) is 7.67. The zero-order chi connectivity index (χ0) is 25.5. The summed E-state index contributed by atoms with van der Waals surface area (Å²) < 4.78 is 1.95. The first-order chi connectivity index (χ1) is 18.2. The number of likely N-dealkylation sites (tertiary alicyclic amines) is 1. The lowest BCUT2D eigenvalue weighted by Crippen LogP contribution is -2.36. The van der Waals surface area contributed by atoms with Gasteiger partial charge in [0.15, 0.2) is 0 Å². The van der Waals surface area contributed by atoms with E-state index >= 15 is 0 Å². The number of nitrogens with one attached hydrogen (secondary N) is 1. The molecule has 5 rings (SSSR count). The van der Waals surface area contributed by atoms with Crippen LogP contribution in [0.2, 0.25) is 0 Å². The number of para-hydroxylation sites is 1. The molecule has 0 amide bonds. The molecule has 3 aromatic carbocycles. The van der Waals surface area contributed by atoms with Gasteiger partial charge in [-0.1, -0.05) is 78.9 Å². The summed E-state index contributed by atoms with van der Waals surface area (Å²) >= 11 is 0. The highest BCUT2D eigenvalue weighted by Gasteiger charge is 2.22. The Bertz CT molecular complexity index is 1290. The first-order valence-corrected chi connectivity index (χ1v) is 13.5. The van der Waals surface area contributed by atoms with Crippen molar-refractivity contribution < 1.29 is 9.90 Å². The molecule has 1 aliphatic rings. The smallest absolute Gasteiger partial charge is 0.352 e. The molecule has 0 atom stereocenters. The van der Waals surface area contributed by atoms with E-state index in [1.165, 1.54) is 37.9 Å². The van der Waals surface area contributed by atoms with Crippen LogP contribution in [0.1, 0.15) is 46.4 Å². The normalized spacial score (nSPS) is 14.8. The van der Waals surface area contributed by atoms with Gasteiger partial charge in [-0.3, -0.25) is 0 Å². The number of nitrogens with zero attached hydrogens (tertiary/aromatic N) is 2. The van der Waals surface area contributed by atoms with Crippen LogP contribution in [-0.2, 0) is 19.5 Å². The Morgan fingerprint density at radius 2 is 1.51 bits per heavy atom. The second kappa shape index (κ2) is 12.2. The molecular formula is C32H37N3O2. The van der Waals surface area contributed by atoms with Gasteiger partial charge >= 0.3 is 5.97 Å². The van der Waals surface area contributed by atoms with Crippen LogP contribution in [0.4, 0.5) is 0 Å². The van der Waals surface area contributed by atoms with E-state index in [9.17, 15) is 9.90 Å². The average Bonchev–Trinajstić information content (AvgIpc) is 3.24. The fourth-order valence-electron chi connectivity index (χ4n) is 5.73. The van der Waals surface area contributed by atoms with Crippen molar-refractivity contribution in [2.75, 3.05) is 26.2 Å². The fourth-order valence-corrected chi connectivity index (χ4v) is 5.73. The maximum atomic E-state index is 12.4. The maximum absolute atomic E-state index is 12.4. The number of carbonyl (C=O) groups is 1. The monoisotopic (exact) mass is 495 g/mol. The minimum Gasteiger partial charge on any atom is -0.477 e. The predicted octanol–water partition coefficient (Wildman–Crippen LogP) is 5.82. The van der Waals surface area contributed by atoms with Gasteiger partial charge in [-0.25, -0.2) is 4.79 Å². The minimum atomic E-state index is -0.873. The van der Waals surface area contributed by atoms with Crippen molar-refractivity contribution in [3.05, 3.63) is 107 Å². The Kier molecular flexibility index (Phi) is 8.34. The summed E-state index contributed by atoms with van der Waals surface area (Å²) in [5, 5.41) is 14.7. The van der Waals surface area contributed by atoms with Crippen molar-refractivity contribution in [3.63, 3.8) is 0 Å². The number of hydrogen-bond acceptors (Lipinski definition) is 3. The van der Waals surface area contributed by atoms with Gasteiger partial charge < -0.3 is 19.9 Å². The summed E-state index contributed by atoms with van der Waals surface area (Å²) in [5.41, 5.74) is 4.78. The molecular weight excluding hydrogens is 458 g/mol. The molecule has 1 aliphatic heterocycles. The third kappa shape index (κ3) is 6.30. The molecule has 0 saturated carbocycles. The topological polar surface area (TPSA) is 57.5 Å². The van der Waals surface area contributed by atoms with Crippen LogP contribution in [0.15, 0.2) is 84.9 Å². The molecule has 2 N–H and O–H groups in total. The molecule has 1 saturated heterocycles. The predicted molar refractivity (Wildman–Crippen MR) is 150 cm³/mol. The Balaban J connectivity index is 1.15. The van der Waals surface area contributed by atoms with Gasteiger partial charge in [-0.05, 0) is 75.0 Å². The fraction of sp³-hybridized carbons (Fsp3) is 0.344. The van der Waals surface area contributed by atoms with Crippen LogP contribution in [0.25, 0.3) is 10.9 Å². The van der Waals surface area contributed by atoms with Crippen LogP contribution in [0.5, 0.6) is 0 Å². The Labute approximate surface area is 219 Å². The molecule has 4 aromatic rings. The minimum absolute atomic E-state index is 0.387. The summed E-state index contributed by atoms with van der Waals surface area (Å²) in [6.45, 7) is 5.42. The van der Waals surface area contributed by atoms with E-state index in [2.05, 4.69) is 40.5 Å². The second-order valence-corrected chi connectivity index (χ2v) is 10.2. The standard InChI is InChI=1S/C32H37N3O2/c36-32(37)31-29(28-14-7-8-15-30(28)35(31)24-27-12-5-2-6-13-27)23-33-18-9-19-34-20-16-26(17-21-34)22-25-10-3-1-4-11-25/h1-8,10-15,26,33H,9,16-24H2,(H,36,37). The quantitative estimate of drug-likeness (QED) is 0.257. The van der Waals surface area contributed by atoms with E-state index in [0.717, 1.165) is 47.5 Å². The van der Waals surface area contributed by atoms with Gasteiger partial charge in [0.1, 0.15) is 5.69 Å². The molecule has 37 heavy (non-hydrogen) atoms. The van der Waals surface area contributed by atoms with Crippen molar-refractivity contribution in [1.29, 1.82) is 0 Å². The van der Waals surface area contributed by atoms with Crippen LogP contribution < -0.4 is 5.32 Å². The molecule has 1 aromatic heterocycles. The van der Waals surface area contributed by atoms with Crippen LogP contribution in [-0.4, -0.2) is 46.7 Å². The molecule has 0 unspecified atom stereocenters. The van der Waals surface area contributed by atoms with E-state index in [4.69, 9.17) is 0 Å². The Hall–Kier alpha value is -3.41. The van der Waals surface area contributed by atoms with Gasteiger partial charge in [-0.15, -0.1) is 0 Å². The van der Waals surface area contributed by atoms with Gasteiger partial charge in [0, 0.05) is 29.6 Å². The van der Waals surface area contributed by atoms with E-state index in [0.29, 0.717) is 18.8 Å². The van der Waals surface area contributed by atoms with Gasteiger partial charge in [0.05, 0.1) is 0 Å². The van der Waals surface area contributed by atoms with E-state index < -0.39 is 5.97 Å². The van der Waals surface area contributed by atoms with Crippen LogP contribution in [0, 0.1) is 5.92 Å². The van der Waals surface area contributed by atoms with E-state index in [1.807, 2.05) is 59.2 Å². The van der Waals surface area contributed by atoms with Crippen LogP contribution in [0.3, 0.4) is 0 Å². The number of carboxylic acid groups (broad SMARTS) is 1. The number of benzene rings is 3. The number of aromatic nitrogens is 1. The molecule has 2 heterocycles. The summed E-state index contributed by atoms with van der Waals surface area (Å²) in [6.07, 6.45) is 4.80. The molecule has 0 spiro atoms. The number of fused-ring (bicyclic) bond motifs is 1. The first-order valence-electron chi connectivity index (χ1n) is 13.5. The molecule has 0 bridgehead atoms. The third-order valence-electron chi connectivity index (χ3n) is 7.67. The van der Waals surface area contributed by atoms with Crippen LogP contribution >= 0.6 is 0 Å². The second-order valence-electron chi connectivity index (χ2n) is 10.2. The van der Waals surface area contributed by atoms with Crippen molar-refractivity contribution in [3.8, 4) is 0 Å². The van der Waals surface area contributed by atoms with Crippen molar-refractivity contribution in [2.45, 2.75) is 38.8 Å². The molecule has 5 heteroatoms. The number of piperidine rings is 1. The Morgan fingerprint density at radius 1 is 0.865 bits per heavy atom. The first kappa shape index (κ1) is 25.2. The highest BCUT2D eigenvalue weighted by molar-refractivity contribution is 5.98. The zero-order valence-corrected chi connectivity index (χ0v) is 21.5. The molecule has 1 fully saturated rings. The van der Waals surface area contributed by atoms with Crippen molar-refractivity contribution >= 4 is 16.9 Å². The largest absolute Gasteiger partial charge is 0.477 e. The lowest BCUT2D eigenvalue weighted by Gasteiger charge is -2.32. The summed E-state index contributed by atoms with van der Waals surface area (Å²) in [7, 11) is 0. The highest BCUT2D eigenvalue weighted by atomic mass is 16.4. The van der Waals surface area contributed by atoms with Gasteiger partial charge in [0.2, 0.25) is 0 Å². The average molecular weight is 496 g/mol. The summed E-state index contributed by atoms with van der Waals surface area (Å²) in [6, 6.07) is 29.0. The SMILES string of the molecule is O=C(O)c1c(CNCCCN2CCC(Cc3ccccc3)CC2)c2ccccc2n1Cc1ccccc1. The van der Waals surface area contributed by atoms with E-state index in [1.54, 1.807) is 0 Å². The van der Waals surface area contributed by atoms with E-state index in [-0.39, 0.29) is 0 Å². The maximum Gasteiger partial charge on any atom is 0.352 e. The number of carboxylic acids is 1. The number of rotatable bonds is 11. The lowest BCUT2D eigenvalue weighted by atomic mass is 9.90. The zero-order valence-electron chi connectivity index (χ0n) is 21.5. The van der Waals surface area contributed by atoms with Gasteiger partial charge in [-0.2, -0.15) is 0 Å². The summed E-state index contributed by atoms with van der Waals surface area (Å²) in [5.74, 6) is -0.0817. The number of hydrogen-bond donors (Lipinski definition) is 2. The lowest BCUT2D eigenvalue weighted by molar-refractivity contribution is 0.0684. The highest BCUT2D eigenvalue weighted by Crippen LogP contribution is 2.28. The molecule has 0 aliphatic carbocycles. The molecule has 0 radical (unpaired) electrons. The number of aromatic carboxylic acids is 1. The van der Waals surface area contributed by atoms with Gasteiger partial charge in [0.25, 0.3) is 0 Å². The van der Waals surface area contributed by atoms with Crippen molar-refractivity contribution in [1.82, 2.24) is 14.8 Å². The van der Waals surface area contributed by atoms with Crippen molar-refractivity contribution in [2.24, 2.45) is 5.92 Å².